The summed E-state index contributed by atoms with van der Waals surface area (Å²) < 4.78 is 11.1. The van der Waals surface area contributed by atoms with Crippen molar-refractivity contribution in [3.63, 3.8) is 0 Å². The maximum absolute atomic E-state index is 12.3. The first kappa shape index (κ1) is 18.6. The van der Waals surface area contributed by atoms with Crippen LogP contribution in [0.4, 0.5) is 0 Å². The van der Waals surface area contributed by atoms with Crippen LogP contribution in [0.15, 0.2) is 30.3 Å². The van der Waals surface area contributed by atoms with Crippen LogP contribution in [0.5, 0.6) is 0 Å². The molecule has 5 heteroatoms. The largest absolute Gasteiger partial charge is 0.459 e. The molecule has 0 N–H and O–H groups in total. The van der Waals surface area contributed by atoms with Crippen LogP contribution >= 0.6 is 0 Å². The third kappa shape index (κ3) is 5.42. The molecule has 1 aliphatic heterocycles. The minimum absolute atomic E-state index is 0.0453. The van der Waals surface area contributed by atoms with Crippen LogP contribution in [0.1, 0.15) is 39.7 Å². The zero-order valence-corrected chi connectivity index (χ0v) is 15.0. The molecule has 0 aromatic heterocycles. The zero-order valence-electron chi connectivity index (χ0n) is 15.0. The number of benzene rings is 1. The summed E-state index contributed by atoms with van der Waals surface area (Å²) in [5.41, 5.74) is 0.511. The Kier molecular flexibility index (Phi) is 6.13. The second-order valence-electron chi connectivity index (χ2n) is 7.34. The Hall–Kier alpha value is -1.72. The van der Waals surface area contributed by atoms with Crippen molar-refractivity contribution < 1.29 is 19.1 Å². The van der Waals surface area contributed by atoms with Crippen molar-refractivity contribution in [1.29, 1.82) is 0 Å². The highest BCUT2D eigenvalue weighted by Crippen LogP contribution is 2.22. The van der Waals surface area contributed by atoms with Gasteiger partial charge >= 0.3 is 5.97 Å². The lowest BCUT2D eigenvalue weighted by molar-refractivity contribution is -0.166. The summed E-state index contributed by atoms with van der Waals surface area (Å²) in [6.45, 7) is 8.65. The smallest absolute Gasteiger partial charge is 0.318 e. The number of nitrogens with zero attached hydrogens (tertiary/aromatic N) is 1. The van der Waals surface area contributed by atoms with Gasteiger partial charge in [0, 0.05) is 19.0 Å². The number of rotatable bonds is 5. The predicted octanol–water partition coefficient (Wildman–Crippen LogP) is 2.78. The Morgan fingerprint density at radius 1 is 1.25 bits per heavy atom. The Balaban J connectivity index is 1.90. The molecule has 1 aliphatic rings. The molecule has 1 fully saturated rings. The molecule has 132 valence electrons. The van der Waals surface area contributed by atoms with E-state index < -0.39 is 17.5 Å². The number of carbonyl (C=O) groups is 2. The molecule has 24 heavy (non-hydrogen) atoms. The fraction of sp³-hybridized carbons (Fsp3) is 0.579. The van der Waals surface area contributed by atoms with Crippen molar-refractivity contribution in [2.45, 2.75) is 52.4 Å². The number of esters is 1. The highest BCUT2D eigenvalue weighted by molar-refractivity contribution is 6.00. The molecule has 0 saturated carbocycles. The van der Waals surface area contributed by atoms with E-state index >= 15 is 0 Å². The third-order valence-corrected chi connectivity index (χ3v) is 3.99. The summed E-state index contributed by atoms with van der Waals surface area (Å²) in [5.74, 6) is -1.20. The average Bonchev–Trinajstić information content (AvgIpc) is 2.48. The minimum atomic E-state index is -0.722. The number of Topliss-reactive ketones (excluding diaryl/α,β-unsaturated/α-hetero) is 1. The van der Waals surface area contributed by atoms with Gasteiger partial charge in [-0.05, 0) is 33.3 Å². The standard InChI is InChI=1S/C19H27NO4/c1-14-10-17(21)16(18(22)24-19(2,3)4)11-20(14)13-23-12-15-8-6-5-7-9-15/h5-9,14,16H,10-13H2,1-4H3/t14-,16?/m0/s1. The van der Waals surface area contributed by atoms with Gasteiger partial charge < -0.3 is 9.47 Å². The maximum Gasteiger partial charge on any atom is 0.318 e. The van der Waals surface area contributed by atoms with Crippen LogP contribution < -0.4 is 0 Å². The van der Waals surface area contributed by atoms with Crippen LogP contribution in [-0.4, -0.2) is 41.6 Å². The van der Waals surface area contributed by atoms with E-state index in [1.807, 2.05) is 62.9 Å². The van der Waals surface area contributed by atoms with E-state index in [0.29, 0.717) is 26.3 Å². The molecule has 0 bridgehead atoms. The minimum Gasteiger partial charge on any atom is -0.459 e. The van der Waals surface area contributed by atoms with Gasteiger partial charge in [-0.25, -0.2) is 0 Å². The summed E-state index contributed by atoms with van der Waals surface area (Å²) >= 11 is 0. The molecule has 5 nitrogen and oxygen atoms in total. The van der Waals surface area contributed by atoms with Gasteiger partial charge in [0.25, 0.3) is 0 Å². The van der Waals surface area contributed by atoms with Crippen molar-refractivity contribution in [2.75, 3.05) is 13.3 Å². The van der Waals surface area contributed by atoms with Gasteiger partial charge in [0.05, 0.1) is 13.3 Å². The molecule has 1 heterocycles. The lowest BCUT2D eigenvalue weighted by Gasteiger charge is -2.36. The Morgan fingerprint density at radius 2 is 1.92 bits per heavy atom. The lowest BCUT2D eigenvalue weighted by atomic mass is 9.92. The number of hydrogen-bond donors (Lipinski definition) is 0. The molecule has 2 rings (SSSR count). The molecule has 1 aromatic rings. The van der Waals surface area contributed by atoms with Gasteiger partial charge in [-0.3, -0.25) is 14.5 Å². The monoisotopic (exact) mass is 333 g/mol. The maximum atomic E-state index is 12.3. The SMILES string of the molecule is C[C@H]1CC(=O)C(C(=O)OC(C)(C)C)CN1COCc1ccccc1. The second kappa shape index (κ2) is 7.90. The first-order chi connectivity index (χ1) is 11.3. The lowest BCUT2D eigenvalue weighted by Crippen LogP contribution is -2.50. The van der Waals surface area contributed by atoms with Crippen LogP contribution in [-0.2, 0) is 25.7 Å². The quantitative estimate of drug-likeness (QED) is 0.612. The third-order valence-electron chi connectivity index (χ3n) is 3.99. The van der Waals surface area contributed by atoms with E-state index in [-0.39, 0.29) is 11.8 Å². The molecule has 1 aromatic carbocycles. The number of ether oxygens (including phenoxy) is 2. The molecular weight excluding hydrogens is 306 g/mol. The van der Waals surface area contributed by atoms with Gasteiger partial charge in [-0.1, -0.05) is 30.3 Å². The Bertz CT molecular complexity index is 564. The van der Waals surface area contributed by atoms with Crippen LogP contribution in [0.25, 0.3) is 0 Å². The van der Waals surface area contributed by atoms with Crippen LogP contribution in [0.3, 0.4) is 0 Å². The summed E-state index contributed by atoms with van der Waals surface area (Å²) in [5, 5.41) is 0. The average molecular weight is 333 g/mol. The summed E-state index contributed by atoms with van der Waals surface area (Å²) in [6, 6.07) is 9.98. The second-order valence-corrected chi connectivity index (χ2v) is 7.34. The van der Waals surface area contributed by atoms with Gasteiger partial charge in [0.2, 0.25) is 0 Å². The highest BCUT2D eigenvalue weighted by Gasteiger charge is 2.38. The first-order valence-electron chi connectivity index (χ1n) is 8.37. The fourth-order valence-electron chi connectivity index (χ4n) is 2.69. The van der Waals surface area contributed by atoms with Gasteiger partial charge in [0.1, 0.15) is 17.3 Å². The molecule has 0 spiro atoms. The van der Waals surface area contributed by atoms with E-state index in [9.17, 15) is 9.59 Å². The predicted molar refractivity (Wildman–Crippen MR) is 91.2 cm³/mol. The number of likely N-dealkylation sites (tertiary alicyclic amines) is 1. The van der Waals surface area contributed by atoms with Crippen molar-refractivity contribution in [1.82, 2.24) is 4.90 Å². The van der Waals surface area contributed by atoms with Crippen molar-refractivity contribution in [3.8, 4) is 0 Å². The number of carbonyl (C=O) groups excluding carboxylic acids is 2. The number of hydrogen-bond acceptors (Lipinski definition) is 5. The summed E-state index contributed by atoms with van der Waals surface area (Å²) in [7, 11) is 0. The number of piperidine rings is 1. The normalized spacial score (nSPS) is 22.4. The van der Waals surface area contributed by atoms with Crippen molar-refractivity contribution in [3.05, 3.63) is 35.9 Å². The molecule has 0 amide bonds. The van der Waals surface area contributed by atoms with Gasteiger partial charge in [-0.2, -0.15) is 0 Å². The van der Waals surface area contributed by atoms with Crippen molar-refractivity contribution >= 4 is 11.8 Å². The van der Waals surface area contributed by atoms with Crippen LogP contribution in [0, 0.1) is 5.92 Å². The molecule has 0 aliphatic carbocycles. The summed E-state index contributed by atoms with van der Waals surface area (Å²) in [6.07, 6.45) is 0.346. The zero-order chi connectivity index (χ0) is 17.7. The van der Waals surface area contributed by atoms with E-state index in [2.05, 4.69) is 0 Å². The fourth-order valence-corrected chi connectivity index (χ4v) is 2.69. The Morgan fingerprint density at radius 3 is 2.54 bits per heavy atom. The van der Waals surface area contributed by atoms with Crippen molar-refractivity contribution in [2.24, 2.45) is 5.92 Å². The highest BCUT2D eigenvalue weighted by atomic mass is 16.6. The topological polar surface area (TPSA) is 55.8 Å². The molecule has 1 saturated heterocycles. The molecule has 1 unspecified atom stereocenters. The van der Waals surface area contributed by atoms with Gasteiger partial charge in [0.15, 0.2) is 0 Å². The van der Waals surface area contributed by atoms with Gasteiger partial charge in [-0.15, -0.1) is 0 Å². The first-order valence-corrected chi connectivity index (χ1v) is 8.37. The summed E-state index contributed by atoms with van der Waals surface area (Å²) in [4.78, 5) is 26.5. The molecular formula is C19H27NO4. The molecule has 0 radical (unpaired) electrons. The van der Waals surface area contributed by atoms with E-state index in [0.717, 1.165) is 5.56 Å². The van der Waals surface area contributed by atoms with E-state index in [1.54, 1.807) is 0 Å². The van der Waals surface area contributed by atoms with E-state index in [1.165, 1.54) is 0 Å². The Labute approximate surface area is 143 Å². The number of ketones is 1. The molecule has 2 atom stereocenters. The van der Waals surface area contributed by atoms with Crippen LogP contribution in [0.2, 0.25) is 0 Å². The van der Waals surface area contributed by atoms with E-state index in [4.69, 9.17) is 9.47 Å².